The van der Waals surface area contributed by atoms with Gasteiger partial charge in [-0.15, -0.1) is 0 Å². The minimum atomic E-state index is 0.719. The van der Waals surface area contributed by atoms with Crippen molar-refractivity contribution in [3.8, 4) is 11.3 Å². The van der Waals surface area contributed by atoms with Crippen LogP contribution in [0.1, 0.15) is 18.5 Å². The lowest BCUT2D eigenvalue weighted by atomic mass is 9.97. The van der Waals surface area contributed by atoms with Crippen LogP contribution in [-0.4, -0.2) is 44.8 Å². The van der Waals surface area contributed by atoms with E-state index in [9.17, 15) is 0 Å². The standard InChI is InChI=1S/C19H23N5/c1-14-16(19-11-20-17-5-3-4-6-18(17)21-19)13-24(22-14)12-15-7-9-23(2)10-8-15/h3-6,11,13,15H,7-10,12H2,1-2H3. The molecule has 5 nitrogen and oxygen atoms in total. The monoisotopic (exact) mass is 321 g/mol. The zero-order valence-corrected chi connectivity index (χ0v) is 14.3. The third kappa shape index (κ3) is 3.04. The SMILES string of the molecule is Cc1nn(CC2CCN(C)CC2)cc1-c1cnc2ccccc2n1. The van der Waals surface area contributed by atoms with Gasteiger partial charge in [-0.05, 0) is 58.0 Å². The zero-order chi connectivity index (χ0) is 16.5. The quantitative estimate of drug-likeness (QED) is 0.743. The van der Waals surface area contributed by atoms with Gasteiger partial charge in [-0.3, -0.25) is 9.67 Å². The maximum absolute atomic E-state index is 4.75. The Morgan fingerprint density at radius 2 is 1.88 bits per heavy atom. The van der Waals surface area contributed by atoms with Crippen molar-refractivity contribution in [2.24, 2.45) is 5.92 Å². The van der Waals surface area contributed by atoms with Crippen LogP contribution in [-0.2, 0) is 6.54 Å². The second kappa shape index (κ2) is 6.32. The number of likely N-dealkylation sites (tertiary alicyclic amines) is 1. The number of piperidine rings is 1. The Bertz CT molecular complexity index is 846. The molecule has 124 valence electrons. The van der Waals surface area contributed by atoms with E-state index in [-0.39, 0.29) is 0 Å². The predicted molar refractivity (Wildman–Crippen MR) is 95.7 cm³/mol. The van der Waals surface area contributed by atoms with E-state index in [1.165, 1.54) is 25.9 Å². The first-order valence-corrected chi connectivity index (χ1v) is 8.64. The van der Waals surface area contributed by atoms with Crippen molar-refractivity contribution >= 4 is 11.0 Å². The van der Waals surface area contributed by atoms with Crippen molar-refractivity contribution in [1.82, 2.24) is 24.6 Å². The number of aryl methyl sites for hydroxylation is 1. The van der Waals surface area contributed by atoms with Crippen molar-refractivity contribution in [2.75, 3.05) is 20.1 Å². The lowest BCUT2D eigenvalue weighted by molar-refractivity contribution is 0.201. The molecule has 0 spiro atoms. The molecule has 24 heavy (non-hydrogen) atoms. The Hall–Kier alpha value is -2.27. The number of hydrogen-bond donors (Lipinski definition) is 0. The zero-order valence-electron chi connectivity index (χ0n) is 14.3. The van der Waals surface area contributed by atoms with Gasteiger partial charge in [0.1, 0.15) is 0 Å². The van der Waals surface area contributed by atoms with Crippen molar-refractivity contribution in [3.63, 3.8) is 0 Å². The molecular formula is C19H23N5. The van der Waals surface area contributed by atoms with Crippen LogP contribution in [0.4, 0.5) is 0 Å². The molecule has 0 N–H and O–H groups in total. The first-order valence-electron chi connectivity index (χ1n) is 8.64. The second-order valence-electron chi connectivity index (χ2n) is 6.84. The fourth-order valence-corrected chi connectivity index (χ4v) is 3.46. The normalized spacial score (nSPS) is 16.8. The molecule has 0 unspecified atom stereocenters. The van der Waals surface area contributed by atoms with Gasteiger partial charge in [0.25, 0.3) is 0 Å². The van der Waals surface area contributed by atoms with E-state index in [1.54, 1.807) is 0 Å². The van der Waals surface area contributed by atoms with E-state index in [1.807, 2.05) is 30.5 Å². The largest absolute Gasteiger partial charge is 0.306 e. The molecule has 1 aliphatic rings. The Balaban J connectivity index is 1.58. The molecule has 0 radical (unpaired) electrons. The molecule has 3 heterocycles. The second-order valence-corrected chi connectivity index (χ2v) is 6.84. The Morgan fingerprint density at radius 3 is 2.67 bits per heavy atom. The molecule has 2 aromatic heterocycles. The number of fused-ring (bicyclic) bond motifs is 1. The minimum Gasteiger partial charge on any atom is -0.306 e. The highest BCUT2D eigenvalue weighted by Crippen LogP contribution is 2.24. The molecular weight excluding hydrogens is 298 g/mol. The van der Waals surface area contributed by atoms with Gasteiger partial charge in [0.15, 0.2) is 0 Å². The van der Waals surface area contributed by atoms with Crippen LogP contribution in [0.25, 0.3) is 22.3 Å². The lowest BCUT2D eigenvalue weighted by Gasteiger charge is -2.28. The summed E-state index contributed by atoms with van der Waals surface area (Å²) in [6.07, 6.45) is 6.49. The highest BCUT2D eigenvalue weighted by atomic mass is 15.3. The molecule has 5 heteroatoms. The fourth-order valence-electron chi connectivity index (χ4n) is 3.46. The number of aromatic nitrogens is 4. The van der Waals surface area contributed by atoms with Crippen molar-refractivity contribution in [2.45, 2.75) is 26.3 Å². The minimum absolute atomic E-state index is 0.719. The summed E-state index contributed by atoms with van der Waals surface area (Å²) in [6.45, 7) is 5.43. The van der Waals surface area contributed by atoms with Gasteiger partial charge in [-0.2, -0.15) is 5.10 Å². The van der Waals surface area contributed by atoms with Gasteiger partial charge in [0, 0.05) is 18.3 Å². The van der Waals surface area contributed by atoms with E-state index in [0.29, 0.717) is 0 Å². The summed E-state index contributed by atoms with van der Waals surface area (Å²) in [4.78, 5) is 11.7. The van der Waals surface area contributed by atoms with Crippen LogP contribution < -0.4 is 0 Å². The van der Waals surface area contributed by atoms with E-state index in [0.717, 1.165) is 40.4 Å². The Morgan fingerprint density at radius 1 is 1.12 bits per heavy atom. The average Bonchev–Trinajstić information content (AvgIpc) is 2.97. The third-order valence-corrected chi connectivity index (χ3v) is 4.95. The molecule has 0 atom stereocenters. The fraction of sp³-hybridized carbons (Fsp3) is 0.421. The molecule has 0 aliphatic carbocycles. The maximum Gasteiger partial charge on any atom is 0.0927 e. The van der Waals surface area contributed by atoms with Gasteiger partial charge in [0.05, 0.1) is 28.6 Å². The Kier molecular flexibility index (Phi) is 4.02. The van der Waals surface area contributed by atoms with Gasteiger partial charge >= 0.3 is 0 Å². The van der Waals surface area contributed by atoms with Crippen LogP contribution in [0, 0.1) is 12.8 Å². The molecule has 1 saturated heterocycles. The highest BCUT2D eigenvalue weighted by Gasteiger charge is 2.18. The predicted octanol–water partition coefficient (Wildman–Crippen LogP) is 3.14. The molecule has 1 aromatic carbocycles. The number of benzene rings is 1. The average molecular weight is 321 g/mol. The van der Waals surface area contributed by atoms with Crippen LogP contribution in [0.15, 0.2) is 36.7 Å². The highest BCUT2D eigenvalue weighted by molar-refractivity contribution is 5.77. The summed E-state index contributed by atoms with van der Waals surface area (Å²) in [6, 6.07) is 7.98. The smallest absolute Gasteiger partial charge is 0.0927 e. The van der Waals surface area contributed by atoms with E-state index in [4.69, 9.17) is 10.1 Å². The topological polar surface area (TPSA) is 46.8 Å². The van der Waals surface area contributed by atoms with Gasteiger partial charge < -0.3 is 4.90 Å². The number of para-hydroxylation sites is 2. The molecule has 4 rings (SSSR count). The van der Waals surface area contributed by atoms with E-state index >= 15 is 0 Å². The van der Waals surface area contributed by atoms with Crippen LogP contribution in [0.3, 0.4) is 0 Å². The molecule has 1 aliphatic heterocycles. The summed E-state index contributed by atoms with van der Waals surface area (Å²) in [5.41, 5.74) is 4.87. The third-order valence-electron chi connectivity index (χ3n) is 4.95. The lowest BCUT2D eigenvalue weighted by Crippen LogP contribution is -2.32. The number of rotatable bonds is 3. The maximum atomic E-state index is 4.75. The van der Waals surface area contributed by atoms with E-state index < -0.39 is 0 Å². The van der Waals surface area contributed by atoms with Crippen LogP contribution in [0.5, 0.6) is 0 Å². The molecule has 1 fully saturated rings. The summed E-state index contributed by atoms with van der Waals surface area (Å²) in [7, 11) is 2.20. The molecule has 0 saturated carbocycles. The first kappa shape index (κ1) is 15.3. The van der Waals surface area contributed by atoms with Crippen molar-refractivity contribution in [1.29, 1.82) is 0 Å². The summed E-state index contributed by atoms with van der Waals surface area (Å²) in [5, 5.41) is 4.72. The molecule has 0 amide bonds. The number of nitrogens with zero attached hydrogens (tertiary/aromatic N) is 5. The van der Waals surface area contributed by atoms with Crippen LogP contribution >= 0.6 is 0 Å². The summed E-state index contributed by atoms with van der Waals surface area (Å²) in [5.74, 6) is 0.719. The first-order chi connectivity index (χ1) is 11.7. The number of hydrogen-bond acceptors (Lipinski definition) is 4. The van der Waals surface area contributed by atoms with Crippen molar-refractivity contribution in [3.05, 3.63) is 42.4 Å². The summed E-state index contributed by atoms with van der Waals surface area (Å²) >= 11 is 0. The molecule has 0 bridgehead atoms. The van der Waals surface area contributed by atoms with Gasteiger partial charge in [-0.25, -0.2) is 4.98 Å². The summed E-state index contributed by atoms with van der Waals surface area (Å²) < 4.78 is 2.09. The Labute approximate surface area is 142 Å². The van der Waals surface area contributed by atoms with E-state index in [2.05, 4.69) is 34.7 Å². The van der Waals surface area contributed by atoms with Gasteiger partial charge in [0.2, 0.25) is 0 Å². The molecule has 3 aromatic rings. The van der Waals surface area contributed by atoms with Gasteiger partial charge in [-0.1, -0.05) is 12.1 Å². The van der Waals surface area contributed by atoms with Crippen molar-refractivity contribution < 1.29 is 0 Å². The van der Waals surface area contributed by atoms with Crippen LogP contribution in [0.2, 0.25) is 0 Å².